The van der Waals surface area contributed by atoms with Gasteiger partial charge in [-0.25, -0.2) is 8.42 Å². The second-order valence-electron chi connectivity index (χ2n) is 7.69. The van der Waals surface area contributed by atoms with Crippen molar-refractivity contribution in [2.24, 2.45) is 16.8 Å². The molecule has 0 aromatic heterocycles. The van der Waals surface area contributed by atoms with Crippen molar-refractivity contribution in [3.63, 3.8) is 0 Å². The molecule has 0 aromatic carbocycles. The minimum absolute atomic E-state index is 0. The van der Waals surface area contributed by atoms with E-state index < -0.39 is 26.7 Å². The maximum atomic E-state index is 12.7. The van der Waals surface area contributed by atoms with Crippen molar-refractivity contribution in [2.45, 2.75) is 50.5 Å². The Morgan fingerprint density at radius 1 is 1.23 bits per heavy atom. The zero-order valence-corrected chi connectivity index (χ0v) is 18.6. The highest BCUT2D eigenvalue weighted by molar-refractivity contribution is 14.0. The van der Waals surface area contributed by atoms with Crippen LogP contribution in [0.2, 0.25) is 0 Å². The molecule has 26 heavy (non-hydrogen) atoms. The lowest BCUT2D eigenvalue weighted by Crippen LogP contribution is -2.57. The molecule has 1 N–H and O–H groups in total. The van der Waals surface area contributed by atoms with E-state index in [1.165, 1.54) is 0 Å². The molecule has 2 rings (SSSR count). The van der Waals surface area contributed by atoms with Crippen LogP contribution in [-0.2, 0) is 9.84 Å². The first-order valence-electron chi connectivity index (χ1n) is 8.71. The maximum Gasteiger partial charge on any atom is 0.391 e. The van der Waals surface area contributed by atoms with E-state index in [4.69, 9.17) is 0 Å². The van der Waals surface area contributed by atoms with Gasteiger partial charge in [0.25, 0.3) is 0 Å². The van der Waals surface area contributed by atoms with Crippen LogP contribution < -0.4 is 5.32 Å². The zero-order chi connectivity index (χ0) is 18.9. The number of halogens is 4. The van der Waals surface area contributed by atoms with Gasteiger partial charge < -0.3 is 10.2 Å². The van der Waals surface area contributed by atoms with Gasteiger partial charge in [-0.2, -0.15) is 13.2 Å². The Morgan fingerprint density at radius 3 is 2.27 bits per heavy atom. The third-order valence-corrected chi connectivity index (χ3v) is 7.95. The largest absolute Gasteiger partial charge is 0.391 e. The molecular formula is C16H29F3IN3O2S. The van der Waals surface area contributed by atoms with Crippen LogP contribution >= 0.6 is 24.0 Å². The van der Waals surface area contributed by atoms with Gasteiger partial charge in [0.05, 0.1) is 16.4 Å². The number of guanidine groups is 1. The number of sulfone groups is 1. The van der Waals surface area contributed by atoms with Crippen molar-refractivity contribution < 1.29 is 21.6 Å². The number of nitrogens with one attached hydrogen (secondary N) is 1. The first-order chi connectivity index (χ1) is 11.5. The highest BCUT2D eigenvalue weighted by atomic mass is 127. The molecule has 154 valence electrons. The molecular weight excluding hydrogens is 482 g/mol. The summed E-state index contributed by atoms with van der Waals surface area (Å²) in [6.07, 6.45) is -2.62. The summed E-state index contributed by atoms with van der Waals surface area (Å²) in [5.41, 5.74) is 0. The minimum atomic E-state index is -4.08. The monoisotopic (exact) mass is 511 g/mol. The smallest absolute Gasteiger partial charge is 0.356 e. The lowest BCUT2D eigenvalue weighted by atomic mass is 9.81. The van der Waals surface area contributed by atoms with Gasteiger partial charge in [0.1, 0.15) is 0 Å². The molecule has 0 amide bonds. The van der Waals surface area contributed by atoms with Gasteiger partial charge in [0.2, 0.25) is 0 Å². The van der Waals surface area contributed by atoms with Gasteiger partial charge >= 0.3 is 6.18 Å². The number of hydrogen-bond acceptors (Lipinski definition) is 3. The lowest BCUT2D eigenvalue weighted by Gasteiger charge is -2.39. The van der Waals surface area contributed by atoms with Crippen molar-refractivity contribution in [1.82, 2.24) is 10.2 Å². The molecule has 1 aliphatic heterocycles. The molecule has 2 aliphatic rings. The molecule has 0 bridgehead atoms. The topological polar surface area (TPSA) is 61.8 Å². The number of nitrogens with zero attached hydrogens (tertiary/aromatic N) is 2. The van der Waals surface area contributed by atoms with Crippen molar-refractivity contribution >= 4 is 39.8 Å². The highest BCUT2D eigenvalue weighted by Crippen LogP contribution is 2.39. The SMILES string of the molecule is CN=C(NCC1CCC(C(F)(F)F)CC1)N1CCS(=O)(=O)C(C)(C)C1.I. The molecule has 0 aromatic rings. The van der Waals surface area contributed by atoms with Gasteiger partial charge in [0, 0.05) is 26.7 Å². The molecule has 10 heteroatoms. The molecule has 1 heterocycles. The van der Waals surface area contributed by atoms with Crippen LogP contribution in [0.25, 0.3) is 0 Å². The van der Waals surface area contributed by atoms with E-state index in [0.29, 0.717) is 38.4 Å². The molecule has 0 spiro atoms. The predicted molar refractivity (Wildman–Crippen MR) is 108 cm³/mol. The first kappa shape index (κ1) is 23.8. The van der Waals surface area contributed by atoms with Crippen molar-refractivity contribution in [1.29, 1.82) is 0 Å². The summed E-state index contributed by atoms with van der Waals surface area (Å²) in [6.45, 7) is 4.73. The summed E-state index contributed by atoms with van der Waals surface area (Å²) in [6, 6.07) is 0. The Morgan fingerprint density at radius 2 is 1.81 bits per heavy atom. The van der Waals surface area contributed by atoms with Crippen LogP contribution in [0.5, 0.6) is 0 Å². The summed E-state index contributed by atoms with van der Waals surface area (Å²) in [4.78, 5) is 6.14. The Bertz CT molecular complexity index is 600. The number of alkyl halides is 3. The molecule has 0 unspecified atom stereocenters. The van der Waals surface area contributed by atoms with Crippen LogP contribution in [-0.4, -0.2) is 62.6 Å². The van der Waals surface area contributed by atoms with Crippen molar-refractivity contribution in [2.75, 3.05) is 32.4 Å². The number of rotatable bonds is 2. The number of aliphatic imine (C=N–C) groups is 1. The minimum Gasteiger partial charge on any atom is -0.356 e. The number of hydrogen-bond donors (Lipinski definition) is 1. The second kappa shape index (κ2) is 8.83. The summed E-state index contributed by atoms with van der Waals surface area (Å²) in [5, 5.41) is 3.23. The average Bonchev–Trinajstić information content (AvgIpc) is 2.51. The summed E-state index contributed by atoms with van der Waals surface area (Å²) in [7, 11) is -1.48. The third kappa shape index (κ3) is 5.62. The van der Waals surface area contributed by atoms with Crippen LogP contribution in [0.3, 0.4) is 0 Å². The van der Waals surface area contributed by atoms with Gasteiger partial charge in [0.15, 0.2) is 15.8 Å². The third-order valence-electron chi connectivity index (χ3n) is 5.41. The van der Waals surface area contributed by atoms with E-state index in [-0.39, 0.29) is 48.5 Å². The fourth-order valence-corrected chi connectivity index (χ4v) is 4.95. The lowest BCUT2D eigenvalue weighted by molar-refractivity contribution is -0.183. The normalized spacial score (nSPS) is 29.0. The summed E-state index contributed by atoms with van der Waals surface area (Å²) < 4.78 is 61.5. The maximum absolute atomic E-state index is 12.7. The Labute approximate surface area is 171 Å². The van der Waals surface area contributed by atoms with E-state index in [1.807, 2.05) is 4.90 Å². The average molecular weight is 511 g/mol. The first-order valence-corrected chi connectivity index (χ1v) is 10.4. The van der Waals surface area contributed by atoms with Gasteiger partial charge in [-0.1, -0.05) is 0 Å². The Hall–Kier alpha value is -0.260. The predicted octanol–water partition coefficient (Wildman–Crippen LogP) is 3.06. The van der Waals surface area contributed by atoms with E-state index >= 15 is 0 Å². The molecule has 2 fully saturated rings. The molecule has 5 nitrogen and oxygen atoms in total. The Balaban J connectivity index is 0.00000338. The standard InChI is InChI=1S/C16H28F3N3O2S.HI/c1-15(2)11-22(8-9-25(15,23)24)14(20-3)21-10-12-4-6-13(7-5-12)16(17,18)19;/h12-13H,4-11H2,1-3H3,(H,20,21);1H. The highest BCUT2D eigenvalue weighted by Gasteiger charge is 2.42. The second-order valence-corrected chi connectivity index (χ2v) is 10.4. The molecule has 1 saturated heterocycles. The van der Waals surface area contributed by atoms with Crippen LogP contribution in [0.1, 0.15) is 39.5 Å². The van der Waals surface area contributed by atoms with Gasteiger partial charge in [-0.15, -0.1) is 24.0 Å². The van der Waals surface area contributed by atoms with E-state index in [0.717, 1.165) is 0 Å². The van der Waals surface area contributed by atoms with E-state index in [9.17, 15) is 21.6 Å². The van der Waals surface area contributed by atoms with Crippen molar-refractivity contribution in [3.05, 3.63) is 0 Å². The summed E-state index contributed by atoms with van der Waals surface area (Å²) >= 11 is 0. The molecule has 0 atom stereocenters. The molecule has 1 aliphatic carbocycles. The van der Waals surface area contributed by atoms with Gasteiger partial charge in [-0.05, 0) is 45.4 Å². The fraction of sp³-hybridized carbons (Fsp3) is 0.938. The fourth-order valence-electron chi connectivity index (χ4n) is 3.59. The van der Waals surface area contributed by atoms with Crippen LogP contribution in [0, 0.1) is 11.8 Å². The van der Waals surface area contributed by atoms with Crippen LogP contribution in [0.15, 0.2) is 4.99 Å². The van der Waals surface area contributed by atoms with Crippen molar-refractivity contribution in [3.8, 4) is 0 Å². The van der Waals surface area contributed by atoms with E-state index in [1.54, 1.807) is 20.9 Å². The Kier molecular flexibility index (Phi) is 8.07. The molecule has 1 saturated carbocycles. The molecule has 0 radical (unpaired) electrons. The summed E-state index contributed by atoms with van der Waals surface area (Å²) in [5.74, 6) is -0.272. The van der Waals surface area contributed by atoms with Gasteiger partial charge in [-0.3, -0.25) is 4.99 Å². The zero-order valence-electron chi connectivity index (χ0n) is 15.5. The van der Waals surface area contributed by atoms with E-state index in [2.05, 4.69) is 10.3 Å². The van der Waals surface area contributed by atoms with Crippen LogP contribution in [0.4, 0.5) is 13.2 Å². The quantitative estimate of drug-likeness (QED) is 0.352.